The highest BCUT2D eigenvalue weighted by Gasteiger charge is 2.06. The minimum absolute atomic E-state index is 0.356. The van der Waals surface area contributed by atoms with Crippen molar-refractivity contribution in [3.05, 3.63) is 0 Å². The second kappa shape index (κ2) is 10.3. The molecule has 1 saturated carbocycles. The minimum atomic E-state index is 0.356. The summed E-state index contributed by atoms with van der Waals surface area (Å²) >= 11 is 0. The number of Topliss-reactive ketones (excluding diaryl/α,β-unsaturated/α-hetero) is 2. The van der Waals surface area contributed by atoms with Gasteiger partial charge in [-0.05, 0) is 19.3 Å². The van der Waals surface area contributed by atoms with Gasteiger partial charge in [0.1, 0.15) is 11.6 Å². The van der Waals surface area contributed by atoms with E-state index in [1.165, 1.54) is 44.9 Å². The molecule has 0 saturated heterocycles. The molecule has 0 spiro atoms. The van der Waals surface area contributed by atoms with Crippen LogP contribution >= 0.6 is 0 Å². The highest BCUT2D eigenvalue weighted by molar-refractivity contribution is 5.81. The Kier molecular flexibility index (Phi) is 8.79. The summed E-state index contributed by atoms with van der Waals surface area (Å²) in [5.74, 6) is 0.713. The maximum Gasteiger partial charge on any atom is 0.132 e. The molecule has 1 fully saturated rings. The van der Waals surface area contributed by atoms with Gasteiger partial charge < -0.3 is 0 Å². The van der Waals surface area contributed by atoms with Crippen molar-refractivity contribution in [3.8, 4) is 0 Å². The Morgan fingerprint density at radius 3 is 1.06 bits per heavy atom. The maximum atomic E-state index is 11.6. The van der Waals surface area contributed by atoms with Crippen LogP contribution in [0.1, 0.15) is 89.9 Å². The van der Waals surface area contributed by atoms with Crippen LogP contribution in [0.2, 0.25) is 0 Å². The van der Waals surface area contributed by atoms with Crippen LogP contribution < -0.4 is 0 Å². The monoisotopic (exact) mass is 252 g/mol. The number of carbonyl (C=O) groups excluding carboxylic acids is 2. The first-order valence-electron chi connectivity index (χ1n) is 7.82. The van der Waals surface area contributed by atoms with Gasteiger partial charge in [0, 0.05) is 25.7 Å². The van der Waals surface area contributed by atoms with E-state index in [1.807, 2.05) is 0 Å². The van der Waals surface area contributed by atoms with Crippen LogP contribution in [0.3, 0.4) is 0 Å². The van der Waals surface area contributed by atoms with Crippen LogP contribution in [0.25, 0.3) is 0 Å². The van der Waals surface area contributed by atoms with Crippen LogP contribution in [-0.2, 0) is 9.59 Å². The Bertz CT molecular complexity index is 221. The molecule has 0 heterocycles. The lowest BCUT2D eigenvalue weighted by atomic mass is 10.0. The van der Waals surface area contributed by atoms with E-state index in [2.05, 4.69) is 0 Å². The normalized spacial score (nSPS) is 22.9. The molecule has 0 aromatic rings. The van der Waals surface area contributed by atoms with E-state index in [0.717, 1.165) is 32.1 Å². The van der Waals surface area contributed by atoms with Gasteiger partial charge in [-0.15, -0.1) is 0 Å². The molecule has 2 heteroatoms. The zero-order valence-corrected chi connectivity index (χ0v) is 11.7. The van der Waals surface area contributed by atoms with Crippen molar-refractivity contribution in [1.29, 1.82) is 0 Å². The lowest BCUT2D eigenvalue weighted by Crippen LogP contribution is -2.02. The Balaban J connectivity index is 2.22. The lowest BCUT2D eigenvalue weighted by Gasteiger charge is -2.05. The first-order valence-corrected chi connectivity index (χ1v) is 7.82. The van der Waals surface area contributed by atoms with Gasteiger partial charge in [-0.2, -0.15) is 0 Å². The number of ketones is 2. The minimum Gasteiger partial charge on any atom is -0.300 e. The van der Waals surface area contributed by atoms with Gasteiger partial charge in [0.05, 0.1) is 0 Å². The van der Waals surface area contributed by atoms with Crippen molar-refractivity contribution >= 4 is 11.6 Å². The van der Waals surface area contributed by atoms with Gasteiger partial charge >= 0.3 is 0 Å². The van der Waals surface area contributed by atoms with Crippen molar-refractivity contribution in [2.24, 2.45) is 0 Å². The molecule has 1 aliphatic carbocycles. The van der Waals surface area contributed by atoms with Crippen molar-refractivity contribution < 1.29 is 9.59 Å². The number of carbonyl (C=O) groups is 2. The zero-order chi connectivity index (χ0) is 13.1. The van der Waals surface area contributed by atoms with Gasteiger partial charge in [-0.3, -0.25) is 9.59 Å². The molecule has 0 radical (unpaired) electrons. The average molecular weight is 252 g/mol. The fraction of sp³-hybridized carbons (Fsp3) is 0.875. The van der Waals surface area contributed by atoms with Crippen molar-refractivity contribution in [1.82, 2.24) is 0 Å². The Morgan fingerprint density at radius 1 is 0.389 bits per heavy atom. The summed E-state index contributed by atoms with van der Waals surface area (Å²) in [7, 11) is 0. The molecule has 0 aliphatic heterocycles. The Hall–Kier alpha value is -0.660. The molecule has 104 valence electrons. The largest absolute Gasteiger partial charge is 0.300 e. The molecule has 0 unspecified atom stereocenters. The molecule has 0 aromatic heterocycles. The molecule has 1 rings (SSSR count). The van der Waals surface area contributed by atoms with Crippen molar-refractivity contribution in [3.63, 3.8) is 0 Å². The number of rotatable bonds is 0. The van der Waals surface area contributed by atoms with Gasteiger partial charge in [-0.25, -0.2) is 0 Å². The molecule has 18 heavy (non-hydrogen) atoms. The summed E-state index contributed by atoms with van der Waals surface area (Å²) in [5.41, 5.74) is 0. The molecule has 1 aliphatic rings. The van der Waals surface area contributed by atoms with E-state index in [4.69, 9.17) is 0 Å². The smallest absolute Gasteiger partial charge is 0.132 e. The van der Waals surface area contributed by atoms with E-state index in [0.29, 0.717) is 24.4 Å². The van der Waals surface area contributed by atoms with E-state index in [-0.39, 0.29) is 0 Å². The van der Waals surface area contributed by atoms with Crippen molar-refractivity contribution in [2.45, 2.75) is 89.9 Å². The molecule has 0 aromatic carbocycles. The first-order chi connectivity index (χ1) is 8.79. The first kappa shape index (κ1) is 15.4. The summed E-state index contributed by atoms with van der Waals surface area (Å²) in [4.78, 5) is 23.1. The predicted molar refractivity (Wildman–Crippen MR) is 74.7 cm³/mol. The fourth-order valence-corrected chi connectivity index (χ4v) is 2.61. The maximum absolute atomic E-state index is 11.6. The summed E-state index contributed by atoms with van der Waals surface area (Å²) in [6.07, 6.45) is 14.5. The number of hydrogen-bond donors (Lipinski definition) is 0. The molecular weight excluding hydrogens is 224 g/mol. The van der Waals surface area contributed by atoms with E-state index < -0.39 is 0 Å². The third-order valence-corrected chi connectivity index (χ3v) is 3.82. The van der Waals surface area contributed by atoms with Gasteiger partial charge in [0.15, 0.2) is 0 Å². The Labute approximate surface area is 112 Å². The quantitative estimate of drug-likeness (QED) is 0.631. The standard InChI is InChI=1S/C16H28O2/c17-15-11-8-6-4-2-1-3-5-7-9-12-16(18)14-10-13-15/h1-14H2. The van der Waals surface area contributed by atoms with E-state index in [1.54, 1.807) is 0 Å². The van der Waals surface area contributed by atoms with Crippen LogP contribution in [0.4, 0.5) is 0 Å². The molecular formula is C16H28O2. The highest BCUT2D eigenvalue weighted by atomic mass is 16.1. The van der Waals surface area contributed by atoms with Crippen molar-refractivity contribution in [2.75, 3.05) is 0 Å². The Morgan fingerprint density at radius 2 is 0.667 bits per heavy atom. The fourth-order valence-electron chi connectivity index (χ4n) is 2.61. The number of hydrogen-bond acceptors (Lipinski definition) is 2. The summed E-state index contributed by atoms with van der Waals surface area (Å²) < 4.78 is 0. The van der Waals surface area contributed by atoms with E-state index >= 15 is 0 Å². The highest BCUT2D eigenvalue weighted by Crippen LogP contribution is 2.14. The van der Waals surface area contributed by atoms with Gasteiger partial charge in [0.25, 0.3) is 0 Å². The van der Waals surface area contributed by atoms with E-state index in [9.17, 15) is 9.59 Å². The van der Waals surface area contributed by atoms with Crippen LogP contribution in [0, 0.1) is 0 Å². The molecule has 0 bridgehead atoms. The molecule has 0 N–H and O–H groups in total. The molecule has 0 amide bonds. The summed E-state index contributed by atoms with van der Waals surface area (Å²) in [5, 5.41) is 0. The second-order valence-corrected chi connectivity index (χ2v) is 5.61. The predicted octanol–water partition coefficient (Wildman–Crippen LogP) is 4.60. The zero-order valence-electron chi connectivity index (χ0n) is 11.7. The van der Waals surface area contributed by atoms with Crippen LogP contribution in [0.5, 0.6) is 0 Å². The van der Waals surface area contributed by atoms with Gasteiger partial charge in [0.2, 0.25) is 0 Å². The molecule has 2 nitrogen and oxygen atoms in total. The lowest BCUT2D eigenvalue weighted by molar-refractivity contribution is -0.120. The second-order valence-electron chi connectivity index (χ2n) is 5.61. The SMILES string of the molecule is O=C1CCCCCCCCCCCC(=O)CCC1. The average Bonchev–Trinajstić information content (AvgIpc) is 2.34. The summed E-state index contributed by atoms with van der Waals surface area (Å²) in [6.45, 7) is 0. The third-order valence-electron chi connectivity index (χ3n) is 3.82. The van der Waals surface area contributed by atoms with Gasteiger partial charge in [-0.1, -0.05) is 44.9 Å². The topological polar surface area (TPSA) is 34.1 Å². The third kappa shape index (κ3) is 8.43. The van der Waals surface area contributed by atoms with Crippen LogP contribution in [0.15, 0.2) is 0 Å². The summed E-state index contributed by atoms with van der Waals surface area (Å²) in [6, 6.07) is 0. The van der Waals surface area contributed by atoms with Crippen LogP contribution in [-0.4, -0.2) is 11.6 Å². The molecule has 0 atom stereocenters.